The van der Waals surface area contributed by atoms with Crippen molar-refractivity contribution in [3.63, 3.8) is 0 Å². The normalized spacial score (nSPS) is 17.8. The van der Waals surface area contributed by atoms with Crippen molar-refractivity contribution in [2.75, 3.05) is 6.54 Å². The molecule has 0 radical (unpaired) electrons. The Balaban J connectivity index is 2.02. The van der Waals surface area contributed by atoms with Gasteiger partial charge in [0, 0.05) is 6.04 Å². The predicted octanol–water partition coefficient (Wildman–Crippen LogP) is 4.91. The summed E-state index contributed by atoms with van der Waals surface area (Å²) in [6, 6.07) is 9.72. The van der Waals surface area contributed by atoms with E-state index in [4.69, 9.17) is 0 Å². The zero-order valence-electron chi connectivity index (χ0n) is 13.7. The first-order chi connectivity index (χ1) is 9.52. The molecule has 2 rings (SSSR count). The molecule has 1 saturated carbocycles. The Bertz CT molecular complexity index is 412. The maximum Gasteiger partial charge on any atom is 0.0119 e. The molecule has 0 heterocycles. The Labute approximate surface area is 125 Å². The quantitative estimate of drug-likeness (QED) is 0.776. The van der Waals surface area contributed by atoms with Crippen molar-refractivity contribution in [1.29, 1.82) is 0 Å². The molecule has 0 spiro atoms. The molecule has 1 aliphatic carbocycles. The van der Waals surface area contributed by atoms with Gasteiger partial charge in [-0.15, -0.1) is 0 Å². The molecule has 1 heteroatoms. The van der Waals surface area contributed by atoms with Gasteiger partial charge in [-0.2, -0.15) is 0 Å². The first-order valence-electron chi connectivity index (χ1n) is 8.33. The zero-order chi connectivity index (χ0) is 14.6. The van der Waals surface area contributed by atoms with Crippen LogP contribution in [0.25, 0.3) is 0 Å². The SMILES string of the molecule is CCNC(CCc1ccccc1C1CCC1)C(C)(C)C. The Morgan fingerprint density at radius 2 is 1.90 bits per heavy atom. The Kier molecular flexibility index (Phi) is 5.26. The Morgan fingerprint density at radius 1 is 1.20 bits per heavy atom. The van der Waals surface area contributed by atoms with Crippen LogP contribution in [0.5, 0.6) is 0 Å². The van der Waals surface area contributed by atoms with Crippen molar-refractivity contribution in [2.24, 2.45) is 5.41 Å². The first-order valence-corrected chi connectivity index (χ1v) is 8.33. The van der Waals surface area contributed by atoms with Crippen molar-refractivity contribution in [3.05, 3.63) is 35.4 Å². The van der Waals surface area contributed by atoms with Gasteiger partial charge in [-0.25, -0.2) is 0 Å². The molecular formula is C19H31N. The lowest BCUT2D eigenvalue weighted by Crippen LogP contribution is -2.40. The largest absolute Gasteiger partial charge is 0.314 e. The van der Waals surface area contributed by atoms with Crippen LogP contribution in [0.15, 0.2) is 24.3 Å². The van der Waals surface area contributed by atoms with Gasteiger partial charge in [0.25, 0.3) is 0 Å². The summed E-state index contributed by atoms with van der Waals surface area (Å²) in [6.45, 7) is 10.3. The number of hydrogen-bond acceptors (Lipinski definition) is 1. The van der Waals surface area contributed by atoms with Crippen LogP contribution in [-0.4, -0.2) is 12.6 Å². The van der Waals surface area contributed by atoms with Crippen LogP contribution >= 0.6 is 0 Å². The van der Waals surface area contributed by atoms with Gasteiger partial charge in [0.2, 0.25) is 0 Å². The summed E-state index contributed by atoms with van der Waals surface area (Å²) in [5.41, 5.74) is 3.55. The smallest absolute Gasteiger partial charge is 0.0119 e. The second-order valence-corrected chi connectivity index (χ2v) is 7.34. The molecule has 112 valence electrons. The molecule has 1 fully saturated rings. The lowest BCUT2D eigenvalue weighted by molar-refractivity contribution is 0.258. The maximum absolute atomic E-state index is 3.67. The van der Waals surface area contributed by atoms with Crippen molar-refractivity contribution in [2.45, 2.75) is 71.8 Å². The molecule has 20 heavy (non-hydrogen) atoms. The average molecular weight is 273 g/mol. The molecule has 1 aromatic carbocycles. The molecule has 0 amide bonds. The van der Waals surface area contributed by atoms with E-state index in [0.29, 0.717) is 11.5 Å². The fraction of sp³-hybridized carbons (Fsp3) is 0.684. The molecule has 0 saturated heterocycles. The summed E-state index contributed by atoms with van der Waals surface area (Å²) in [4.78, 5) is 0. The second kappa shape index (κ2) is 6.76. The van der Waals surface area contributed by atoms with Crippen molar-refractivity contribution in [1.82, 2.24) is 5.32 Å². The van der Waals surface area contributed by atoms with Crippen LogP contribution in [0.2, 0.25) is 0 Å². The molecule has 0 aromatic heterocycles. The van der Waals surface area contributed by atoms with Crippen LogP contribution < -0.4 is 5.32 Å². The standard InChI is InChI=1S/C19H31N/c1-5-20-18(19(2,3)4)14-13-16-9-6-7-12-17(16)15-10-8-11-15/h6-7,9,12,15,18,20H,5,8,10-11,13-14H2,1-4H3. The lowest BCUT2D eigenvalue weighted by atomic mass is 9.76. The third-order valence-corrected chi connectivity index (χ3v) is 4.80. The van der Waals surface area contributed by atoms with Crippen LogP contribution in [0, 0.1) is 5.41 Å². The van der Waals surface area contributed by atoms with Crippen molar-refractivity contribution < 1.29 is 0 Å². The number of benzene rings is 1. The van der Waals surface area contributed by atoms with E-state index in [0.717, 1.165) is 12.5 Å². The Morgan fingerprint density at radius 3 is 2.45 bits per heavy atom. The van der Waals surface area contributed by atoms with E-state index >= 15 is 0 Å². The van der Waals surface area contributed by atoms with Gasteiger partial charge < -0.3 is 5.32 Å². The molecule has 1 aromatic rings. The van der Waals surface area contributed by atoms with Gasteiger partial charge in [0.15, 0.2) is 0 Å². The predicted molar refractivity (Wildman–Crippen MR) is 88.3 cm³/mol. The van der Waals surface area contributed by atoms with E-state index < -0.39 is 0 Å². The maximum atomic E-state index is 3.67. The number of aryl methyl sites for hydroxylation is 1. The highest BCUT2D eigenvalue weighted by Gasteiger charge is 2.25. The van der Waals surface area contributed by atoms with Gasteiger partial charge in [0.05, 0.1) is 0 Å². The van der Waals surface area contributed by atoms with Gasteiger partial charge in [-0.1, -0.05) is 58.4 Å². The first kappa shape index (κ1) is 15.6. The summed E-state index contributed by atoms with van der Waals surface area (Å²) in [5.74, 6) is 0.846. The molecule has 0 bridgehead atoms. The minimum Gasteiger partial charge on any atom is -0.314 e. The number of rotatable bonds is 6. The molecule has 1 atom stereocenters. The van der Waals surface area contributed by atoms with Gasteiger partial charge >= 0.3 is 0 Å². The lowest BCUT2D eigenvalue weighted by Gasteiger charge is -2.32. The van der Waals surface area contributed by atoms with E-state index in [-0.39, 0.29) is 0 Å². The highest BCUT2D eigenvalue weighted by Crippen LogP contribution is 2.38. The monoisotopic (exact) mass is 273 g/mol. The molecule has 1 nitrogen and oxygen atoms in total. The van der Waals surface area contributed by atoms with Gasteiger partial charge in [0.1, 0.15) is 0 Å². The fourth-order valence-corrected chi connectivity index (χ4v) is 3.27. The molecular weight excluding hydrogens is 242 g/mol. The van der Waals surface area contributed by atoms with E-state index in [2.05, 4.69) is 57.3 Å². The van der Waals surface area contributed by atoms with Crippen molar-refractivity contribution in [3.8, 4) is 0 Å². The summed E-state index contributed by atoms with van der Waals surface area (Å²) < 4.78 is 0. The summed E-state index contributed by atoms with van der Waals surface area (Å²) in [5, 5.41) is 3.67. The molecule has 1 aliphatic rings. The molecule has 1 N–H and O–H groups in total. The van der Waals surface area contributed by atoms with Crippen molar-refractivity contribution >= 4 is 0 Å². The van der Waals surface area contributed by atoms with E-state index in [1.54, 1.807) is 11.1 Å². The molecule has 0 aliphatic heterocycles. The Hall–Kier alpha value is -0.820. The zero-order valence-corrected chi connectivity index (χ0v) is 13.7. The van der Waals surface area contributed by atoms with Gasteiger partial charge in [-0.3, -0.25) is 0 Å². The minimum atomic E-state index is 0.335. The highest BCUT2D eigenvalue weighted by atomic mass is 14.9. The number of hydrogen-bond donors (Lipinski definition) is 1. The third-order valence-electron chi connectivity index (χ3n) is 4.80. The van der Waals surface area contributed by atoms with Gasteiger partial charge in [-0.05, 0) is 54.7 Å². The van der Waals surface area contributed by atoms with Crippen LogP contribution in [-0.2, 0) is 6.42 Å². The highest BCUT2D eigenvalue weighted by molar-refractivity contribution is 5.31. The fourth-order valence-electron chi connectivity index (χ4n) is 3.27. The van der Waals surface area contributed by atoms with Crippen LogP contribution in [0.4, 0.5) is 0 Å². The third kappa shape index (κ3) is 3.85. The summed E-state index contributed by atoms with van der Waals surface area (Å²) >= 11 is 0. The summed E-state index contributed by atoms with van der Waals surface area (Å²) in [7, 11) is 0. The summed E-state index contributed by atoms with van der Waals surface area (Å²) in [6.07, 6.45) is 6.66. The molecule has 1 unspecified atom stereocenters. The number of nitrogens with one attached hydrogen (secondary N) is 1. The second-order valence-electron chi connectivity index (χ2n) is 7.34. The van der Waals surface area contributed by atoms with Crippen LogP contribution in [0.3, 0.4) is 0 Å². The minimum absolute atomic E-state index is 0.335. The van der Waals surface area contributed by atoms with E-state index in [9.17, 15) is 0 Å². The average Bonchev–Trinajstić information content (AvgIpc) is 2.32. The van der Waals surface area contributed by atoms with E-state index in [1.807, 2.05) is 0 Å². The van der Waals surface area contributed by atoms with E-state index in [1.165, 1.54) is 32.1 Å². The topological polar surface area (TPSA) is 12.0 Å². The van der Waals surface area contributed by atoms with Crippen LogP contribution in [0.1, 0.15) is 70.4 Å².